The summed E-state index contributed by atoms with van der Waals surface area (Å²) >= 11 is 1.35. The molecule has 0 spiro atoms. The second-order valence-corrected chi connectivity index (χ2v) is 3.68. The third-order valence-corrected chi connectivity index (χ3v) is 2.70. The van der Waals surface area contributed by atoms with Gasteiger partial charge >= 0.3 is 5.97 Å². The molecule has 1 aromatic rings. The van der Waals surface area contributed by atoms with E-state index in [4.69, 9.17) is 10.8 Å². The maximum Gasteiger partial charge on any atom is 0.328 e. The lowest BCUT2D eigenvalue weighted by atomic mass is 10.2. The molecule has 0 aliphatic rings. The topological polar surface area (TPSA) is 63.3 Å². The number of anilines is 1. The maximum absolute atomic E-state index is 10.2. The molecule has 0 aliphatic heterocycles. The van der Waals surface area contributed by atoms with Crippen molar-refractivity contribution < 1.29 is 9.90 Å². The summed E-state index contributed by atoms with van der Waals surface area (Å²) in [6.45, 7) is 1.91. The number of nitrogen functional groups attached to an aromatic ring is 1. The van der Waals surface area contributed by atoms with Gasteiger partial charge in [-0.3, -0.25) is 0 Å². The van der Waals surface area contributed by atoms with Gasteiger partial charge in [0.15, 0.2) is 0 Å². The van der Waals surface area contributed by atoms with Gasteiger partial charge in [-0.25, -0.2) is 4.79 Å². The van der Waals surface area contributed by atoms with Gasteiger partial charge in [-0.05, 0) is 30.0 Å². The number of thioether (sulfide) groups is 1. The van der Waals surface area contributed by atoms with Crippen LogP contribution < -0.4 is 5.73 Å². The molecule has 1 aromatic carbocycles. The van der Waals surface area contributed by atoms with Crippen molar-refractivity contribution in [1.82, 2.24) is 0 Å². The van der Waals surface area contributed by atoms with E-state index in [0.717, 1.165) is 22.2 Å². The molecule has 1 rings (SSSR count). The zero-order chi connectivity index (χ0) is 10.6. The van der Waals surface area contributed by atoms with E-state index in [-0.39, 0.29) is 0 Å². The number of carboxylic acid groups (broad SMARTS) is 1. The van der Waals surface area contributed by atoms with Crippen molar-refractivity contribution in [3.8, 4) is 0 Å². The Balaban J connectivity index is 2.77. The number of aliphatic carboxylic acids is 1. The number of rotatable bonds is 3. The van der Waals surface area contributed by atoms with Crippen LogP contribution in [-0.2, 0) is 4.79 Å². The fourth-order valence-electron chi connectivity index (χ4n) is 0.925. The highest BCUT2D eigenvalue weighted by atomic mass is 32.2. The standard InChI is InChI=1S/C10H11NO2S/c1-7-8(11)3-2-4-9(7)14-6-5-10(12)13/h2-6H,11H2,1H3,(H,12,13). The first kappa shape index (κ1) is 10.7. The smallest absolute Gasteiger partial charge is 0.328 e. The lowest BCUT2D eigenvalue weighted by Crippen LogP contribution is -1.90. The van der Waals surface area contributed by atoms with E-state index in [1.165, 1.54) is 17.2 Å². The predicted octanol–water partition coefficient (Wildman–Crippen LogP) is 2.27. The summed E-state index contributed by atoms with van der Waals surface area (Å²) in [5.41, 5.74) is 7.40. The van der Waals surface area contributed by atoms with Crippen molar-refractivity contribution in [2.75, 3.05) is 5.73 Å². The molecule has 0 bridgehead atoms. The Morgan fingerprint density at radius 2 is 2.29 bits per heavy atom. The Hall–Kier alpha value is -1.42. The summed E-state index contributed by atoms with van der Waals surface area (Å²) in [7, 11) is 0. The van der Waals surface area contributed by atoms with Gasteiger partial charge in [0.05, 0.1) is 0 Å². The molecule has 0 amide bonds. The van der Waals surface area contributed by atoms with E-state index < -0.39 is 5.97 Å². The fourth-order valence-corrected chi connectivity index (χ4v) is 1.71. The summed E-state index contributed by atoms with van der Waals surface area (Å²) in [4.78, 5) is 11.2. The van der Waals surface area contributed by atoms with Crippen LogP contribution in [0.15, 0.2) is 34.6 Å². The van der Waals surface area contributed by atoms with Crippen LogP contribution in [0, 0.1) is 6.92 Å². The summed E-state index contributed by atoms with van der Waals surface area (Å²) in [6, 6.07) is 5.57. The Labute approximate surface area is 86.6 Å². The third-order valence-electron chi connectivity index (χ3n) is 1.73. The number of hydrogen-bond acceptors (Lipinski definition) is 3. The average molecular weight is 209 g/mol. The quantitative estimate of drug-likeness (QED) is 0.455. The summed E-state index contributed by atoms with van der Waals surface area (Å²) in [5, 5.41) is 9.92. The molecular weight excluding hydrogens is 198 g/mol. The summed E-state index contributed by atoms with van der Waals surface area (Å²) in [6.07, 6.45) is 1.10. The maximum atomic E-state index is 10.2. The number of carbonyl (C=O) groups is 1. The minimum Gasteiger partial charge on any atom is -0.478 e. The lowest BCUT2D eigenvalue weighted by molar-refractivity contribution is -0.131. The van der Waals surface area contributed by atoms with Crippen molar-refractivity contribution >= 4 is 23.4 Å². The van der Waals surface area contributed by atoms with E-state index in [9.17, 15) is 4.79 Å². The lowest BCUT2D eigenvalue weighted by Gasteiger charge is -2.04. The molecule has 0 aromatic heterocycles. The number of nitrogens with two attached hydrogens (primary N) is 1. The van der Waals surface area contributed by atoms with Gasteiger partial charge in [-0.1, -0.05) is 17.8 Å². The Bertz CT molecular complexity index is 374. The average Bonchev–Trinajstić information content (AvgIpc) is 2.12. The van der Waals surface area contributed by atoms with Gasteiger partial charge < -0.3 is 10.8 Å². The van der Waals surface area contributed by atoms with Crippen LogP contribution in [0.1, 0.15) is 5.56 Å². The molecule has 3 nitrogen and oxygen atoms in total. The van der Waals surface area contributed by atoms with Gasteiger partial charge in [-0.2, -0.15) is 0 Å². The highest BCUT2D eigenvalue weighted by molar-refractivity contribution is 8.02. The van der Waals surface area contributed by atoms with Gasteiger partial charge in [0.1, 0.15) is 0 Å². The van der Waals surface area contributed by atoms with Crippen LogP contribution in [0.3, 0.4) is 0 Å². The molecular formula is C10H11NO2S. The minimum atomic E-state index is -0.945. The molecule has 0 aliphatic carbocycles. The number of carboxylic acids is 1. The molecule has 0 radical (unpaired) electrons. The van der Waals surface area contributed by atoms with Crippen molar-refractivity contribution in [3.63, 3.8) is 0 Å². The molecule has 3 N–H and O–H groups in total. The number of hydrogen-bond donors (Lipinski definition) is 2. The summed E-state index contributed by atoms with van der Waals surface area (Å²) in [5.74, 6) is -0.945. The molecule has 0 unspecified atom stereocenters. The van der Waals surface area contributed by atoms with E-state index >= 15 is 0 Å². The van der Waals surface area contributed by atoms with Crippen LogP contribution in [0.4, 0.5) is 5.69 Å². The van der Waals surface area contributed by atoms with Gasteiger partial charge in [-0.15, -0.1) is 0 Å². The first-order chi connectivity index (χ1) is 6.61. The van der Waals surface area contributed by atoms with Crippen LogP contribution >= 0.6 is 11.8 Å². The minimum absolute atomic E-state index is 0.721. The largest absolute Gasteiger partial charge is 0.478 e. The molecule has 0 fully saturated rings. The van der Waals surface area contributed by atoms with E-state index in [1.54, 1.807) is 0 Å². The molecule has 14 heavy (non-hydrogen) atoms. The van der Waals surface area contributed by atoms with Gasteiger partial charge in [0.25, 0.3) is 0 Å². The second kappa shape index (κ2) is 4.72. The molecule has 4 heteroatoms. The molecule has 0 heterocycles. The first-order valence-corrected chi connectivity index (χ1v) is 4.90. The van der Waals surface area contributed by atoms with E-state index in [0.29, 0.717) is 0 Å². The molecule has 74 valence electrons. The second-order valence-electron chi connectivity index (χ2n) is 2.73. The monoisotopic (exact) mass is 209 g/mol. The van der Waals surface area contributed by atoms with Crippen LogP contribution in [-0.4, -0.2) is 11.1 Å². The van der Waals surface area contributed by atoms with Crippen molar-refractivity contribution in [1.29, 1.82) is 0 Å². The van der Waals surface area contributed by atoms with Gasteiger partial charge in [0.2, 0.25) is 0 Å². The SMILES string of the molecule is Cc1c(N)cccc1SC=CC(=O)O. The zero-order valence-corrected chi connectivity index (χ0v) is 8.54. The van der Waals surface area contributed by atoms with Crippen molar-refractivity contribution in [2.24, 2.45) is 0 Å². The molecule has 0 saturated carbocycles. The molecule has 0 atom stereocenters. The van der Waals surface area contributed by atoms with Crippen molar-refractivity contribution in [2.45, 2.75) is 11.8 Å². The Morgan fingerprint density at radius 3 is 2.93 bits per heavy atom. The van der Waals surface area contributed by atoms with Crippen LogP contribution in [0.5, 0.6) is 0 Å². The zero-order valence-electron chi connectivity index (χ0n) is 7.73. The third kappa shape index (κ3) is 2.81. The van der Waals surface area contributed by atoms with Gasteiger partial charge in [0, 0.05) is 16.7 Å². The Kier molecular flexibility index (Phi) is 3.59. The fraction of sp³-hybridized carbons (Fsp3) is 0.100. The normalized spacial score (nSPS) is 10.6. The number of benzene rings is 1. The highest BCUT2D eigenvalue weighted by Gasteiger charge is 1.99. The van der Waals surface area contributed by atoms with Crippen molar-refractivity contribution in [3.05, 3.63) is 35.2 Å². The summed E-state index contributed by atoms with van der Waals surface area (Å²) < 4.78 is 0. The van der Waals surface area contributed by atoms with E-state index in [2.05, 4.69) is 0 Å². The highest BCUT2D eigenvalue weighted by Crippen LogP contribution is 2.26. The Morgan fingerprint density at radius 1 is 1.57 bits per heavy atom. The first-order valence-electron chi connectivity index (χ1n) is 4.02. The predicted molar refractivity (Wildman–Crippen MR) is 58.2 cm³/mol. The van der Waals surface area contributed by atoms with Crippen LogP contribution in [0.25, 0.3) is 0 Å². The van der Waals surface area contributed by atoms with E-state index in [1.807, 2.05) is 25.1 Å². The molecule has 0 saturated heterocycles. The van der Waals surface area contributed by atoms with Crippen LogP contribution in [0.2, 0.25) is 0 Å².